The lowest BCUT2D eigenvalue weighted by molar-refractivity contribution is 0.395. The second-order valence-corrected chi connectivity index (χ2v) is 3.46. The molecule has 0 fully saturated rings. The van der Waals surface area contributed by atoms with Gasteiger partial charge >= 0.3 is 0 Å². The van der Waals surface area contributed by atoms with E-state index in [0.29, 0.717) is 6.54 Å². The van der Waals surface area contributed by atoms with Crippen molar-refractivity contribution in [3.05, 3.63) is 41.4 Å². The number of benzene rings is 1. The van der Waals surface area contributed by atoms with Crippen LogP contribution in [-0.2, 0) is 0 Å². The average molecular weight is 233 g/mol. The van der Waals surface area contributed by atoms with Gasteiger partial charge in [0.15, 0.2) is 0 Å². The minimum atomic E-state index is 0. The third-order valence-electron chi connectivity index (χ3n) is 1.69. The molecular formula is C10H14Cl2N2. The van der Waals surface area contributed by atoms with Crippen molar-refractivity contribution in [2.45, 2.75) is 0 Å². The highest BCUT2D eigenvalue weighted by atomic mass is 35.5. The summed E-state index contributed by atoms with van der Waals surface area (Å²) in [6.07, 6.45) is 0. The van der Waals surface area contributed by atoms with Gasteiger partial charge in [-0.3, -0.25) is 5.84 Å². The summed E-state index contributed by atoms with van der Waals surface area (Å²) >= 11 is 5.76. The first-order valence-electron chi connectivity index (χ1n) is 3.99. The second kappa shape index (κ2) is 6.04. The molecule has 4 heteroatoms. The first-order valence-corrected chi connectivity index (χ1v) is 4.37. The molecule has 78 valence electrons. The Morgan fingerprint density at radius 3 is 2.36 bits per heavy atom. The van der Waals surface area contributed by atoms with Crippen LogP contribution in [0.4, 0.5) is 0 Å². The summed E-state index contributed by atoms with van der Waals surface area (Å²) in [7, 11) is 1.81. The third kappa shape index (κ3) is 4.11. The minimum absolute atomic E-state index is 0. The van der Waals surface area contributed by atoms with Crippen LogP contribution in [0.1, 0.15) is 5.56 Å². The van der Waals surface area contributed by atoms with Crippen molar-refractivity contribution in [3.63, 3.8) is 0 Å². The molecular weight excluding hydrogens is 219 g/mol. The monoisotopic (exact) mass is 232 g/mol. The van der Waals surface area contributed by atoms with Gasteiger partial charge in [0, 0.05) is 18.6 Å². The normalized spacial score (nSPS) is 9.71. The number of nitrogens with zero attached hydrogens (tertiary/aromatic N) is 1. The minimum Gasteiger partial charge on any atom is -0.269 e. The summed E-state index contributed by atoms with van der Waals surface area (Å²) in [5, 5.41) is 2.33. The largest absolute Gasteiger partial charge is 0.269 e. The molecule has 0 unspecified atom stereocenters. The molecule has 2 N–H and O–H groups in total. The topological polar surface area (TPSA) is 29.3 Å². The zero-order valence-corrected chi connectivity index (χ0v) is 9.61. The Morgan fingerprint density at radius 1 is 1.43 bits per heavy atom. The van der Waals surface area contributed by atoms with Crippen LogP contribution in [0.5, 0.6) is 0 Å². The fourth-order valence-corrected chi connectivity index (χ4v) is 1.20. The van der Waals surface area contributed by atoms with Gasteiger partial charge in [0.2, 0.25) is 0 Å². The summed E-state index contributed by atoms with van der Waals surface area (Å²) in [5.41, 5.74) is 2.06. The van der Waals surface area contributed by atoms with E-state index in [4.69, 9.17) is 17.4 Å². The Morgan fingerprint density at radius 2 is 1.93 bits per heavy atom. The highest BCUT2D eigenvalue weighted by Crippen LogP contribution is 2.15. The fourth-order valence-electron chi connectivity index (χ4n) is 1.08. The summed E-state index contributed by atoms with van der Waals surface area (Å²) in [6, 6.07) is 7.57. The second-order valence-electron chi connectivity index (χ2n) is 3.03. The van der Waals surface area contributed by atoms with Crippen LogP contribution in [-0.4, -0.2) is 18.6 Å². The summed E-state index contributed by atoms with van der Waals surface area (Å²) in [4.78, 5) is 0. The highest BCUT2D eigenvalue weighted by molar-refractivity contribution is 6.30. The SMILES string of the molecule is C=C(CN(C)N)c1ccc(Cl)cc1.Cl. The molecule has 0 saturated carbocycles. The predicted molar refractivity (Wildman–Crippen MR) is 64.6 cm³/mol. The number of hydrogen-bond donors (Lipinski definition) is 1. The van der Waals surface area contributed by atoms with E-state index in [2.05, 4.69) is 6.58 Å². The van der Waals surface area contributed by atoms with Gasteiger partial charge in [-0.1, -0.05) is 30.3 Å². The zero-order chi connectivity index (χ0) is 9.84. The van der Waals surface area contributed by atoms with Crippen LogP contribution in [0, 0.1) is 0 Å². The first kappa shape index (κ1) is 13.5. The van der Waals surface area contributed by atoms with Crippen molar-refractivity contribution in [1.29, 1.82) is 0 Å². The van der Waals surface area contributed by atoms with Gasteiger partial charge in [0.25, 0.3) is 0 Å². The number of nitrogens with two attached hydrogens (primary N) is 1. The molecule has 0 spiro atoms. The van der Waals surface area contributed by atoms with Crippen LogP contribution < -0.4 is 5.84 Å². The molecule has 0 saturated heterocycles. The van der Waals surface area contributed by atoms with Crippen molar-refractivity contribution in [2.75, 3.05) is 13.6 Å². The van der Waals surface area contributed by atoms with E-state index in [1.165, 1.54) is 0 Å². The van der Waals surface area contributed by atoms with Crippen LogP contribution >= 0.6 is 24.0 Å². The van der Waals surface area contributed by atoms with Gasteiger partial charge in [-0.2, -0.15) is 0 Å². The van der Waals surface area contributed by atoms with Gasteiger partial charge < -0.3 is 0 Å². The number of rotatable bonds is 3. The van der Waals surface area contributed by atoms with E-state index in [1.54, 1.807) is 12.1 Å². The van der Waals surface area contributed by atoms with Crippen molar-refractivity contribution in [2.24, 2.45) is 5.84 Å². The molecule has 14 heavy (non-hydrogen) atoms. The quantitative estimate of drug-likeness (QED) is 0.642. The molecule has 2 nitrogen and oxygen atoms in total. The van der Waals surface area contributed by atoms with Gasteiger partial charge in [0.1, 0.15) is 0 Å². The van der Waals surface area contributed by atoms with E-state index in [-0.39, 0.29) is 12.4 Å². The van der Waals surface area contributed by atoms with Crippen molar-refractivity contribution < 1.29 is 0 Å². The lowest BCUT2D eigenvalue weighted by Gasteiger charge is -2.11. The molecule has 0 amide bonds. The Labute approximate surface area is 95.7 Å². The summed E-state index contributed by atoms with van der Waals surface area (Å²) < 4.78 is 0. The maximum atomic E-state index is 5.76. The molecule has 0 bridgehead atoms. The zero-order valence-electron chi connectivity index (χ0n) is 8.03. The fraction of sp³-hybridized carbons (Fsp3) is 0.200. The summed E-state index contributed by atoms with van der Waals surface area (Å²) in [5.74, 6) is 5.51. The molecule has 0 aliphatic carbocycles. The van der Waals surface area contributed by atoms with Gasteiger partial charge in [-0.15, -0.1) is 12.4 Å². The Balaban J connectivity index is 0.00000169. The Bertz CT molecular complexity index is 293. The first-order chi connectivity index (χ1) is 6.09. The number of hydrogen-bond acceptors (Lipinski definition) is 2. The van der Waals surface area contributed by atoms with Crippen LogP contribution in [0.3, 0.4) is 0 Å². The lowest BCUT2D eigenvalue weighted by atomic mass is 10.1. The van der Waals surface area contributed by atoms with Crippen LogP contribution in [0.25, 0.3) is 5.57 Å². The van der Waals surface area contributed by atoms with Gasteiger partial charge in [-0.25, -0.2) is 5.01 Å². The van der Waals surface area contributed by atoms with Crippen LogP contribution in [0.2, 0.25) is 5.02 Å². The molecule has 0 aliphatic heterocycles. The van der Waals surface area contributed by atoms with E-state index in [9.17, 15) is 0 Å². The molecule has 0 atom stereocenters. The summed E-state index contributed by atoms with van der Waals surface area (Å²) in [6.45, 7) is 4.58. The predicted octanol–water partition coefficient (Wildman–Crippen LogP) is 2.58. The van der Waals surface area contributed by atoms with E-state index >= 15 is 0 Å². The van der Waals surface area contributed by atoms with Gasteiger partial charge in [0.05, 0.1) is 0 Å². The van der Waals surface area contributed by atoms with E-state index in [0.717, 1.165) is 16.2 Å². The van der Waals surface area contributed by atoms with Crippen LogP contribution in [0.15, 0.2) is 30.8 Å². The van der Waals surface area contributed by atoms with Crippen molar-refractivity contribution in [3.8, 4) is 0 Å². The van der Waals surface area contributed by atoms with Gasteiger partial charge in [-0.05, 0) is 23.3 Å². The molecule has 0 heterocycles. The maximum absolute atomic E-state index is 5.76. The highest BCUT2D eigenvalue weighted by Gasteiger charge is 1.99. The standard InChI is InChI=1S/C10H13ClN2.ClH/c1-8(7-13(2)12)9-3-5-10(11)6-4-9;/h3-6H,1,7,12H2,2H3;1H. The maximum Gasteiger partial charge on any atom is 0.0406 e. The van der Waals surface area contributed by atoms with Crippen molar-refractivity contribution >= 4 is 29.6 Å². The molecule has 1 aromatic carbocycles. The average Bonchev–Trinajstić information content (AvgIpc) is 2.04. The molecule has 0 radical (unpaired) electrons. The molecule has 1 aromatic rings. The number of halogens is 2. The number of hydrazine groups is 1. The third-order valence-corrected chi connectivity index (χ3v) is 1.94. The van der Waals surface area contributed by atoms with E-state index < -0.39 is 0 Å². The van der Waals surface area contributed by atoms with E-state index in [1.807, 2.05) is 24.3 Å². The smallest absolute Gasteiger partial charge is 0.0406 e. The Kier molecular flexibility index (Phi) is 5.81. The van der Waals surface area contributed by atoms with Crippen molar-refractivity contribution in [1.82, 2.24) is 5.01 Å². The molecule has 0 aromatic heterocycles. The Hall–Kier alpha value is -0.540. The number of likely N-dealkylation sites (N-methyl/N-ethyl adjacent to an activating group) is 1. The molecule has 1 rings (SSSR count). The molecule has 0 aliphatic rings. The lowest BCUT2D eigenvalue weighted by Crippen LogP contribution is -2.27.